The highest BCUT2D eigenvalue weighted by molar-refractivity contribution is 6.99. The standard InChI is InChI=1S/C30H34O6Si2/c1-7-37(5,8-2)25-19-15-23(16-20-25)29(31)35-33-27-13-11-12-14-28(27)34-36-30(32)24-17-21-26(22-18-24)38(6,9-3)10-4/h7-10,13,15-22,27H,1-4,11-12,14H2,5-6H3. The highest BCUT2D eigenvalue weighted by Gasteiger charge is 2.33. The van der Waals surface area contributed by atoms with Gasteiger partial charge in [0.1, 0.15) is 22.3 Å². The van der Waals surface area contributed by atoms with Gasteiger partial charge in [-0.3, -0.25) is 9.78 Å². The molecule has 0 aromatic heterocycles. The minimum Gasteiger partial charge on any atom is -0.292 e. The Hall–Kier alpha value is -3.31. The smallest absolute Gasteiger partial charge is 0.292 e. The number of benzene rings is 2. The quantitative estimate of drug-likeness (QED) is 0.204. The van der Waals surface area contributed by atoms with Gasteiger partial charge < -0.3 is 0 Å². The van der Waals surface area contributed by atoms with E-state index in [1.807, 2.05) is 47.1 Å². The topological polar surface area (TPSA) is 71.1 Å². The van der Waals surface area contributed by atoms with Crippen molar-refractivity contribution in [3.05, 3.63) is 121 Å². The maximum absolute atomic E-state index is 12.6. The molecular formula is C30H34O6Si2. The van der Waals surface area contributed by atoms with Crippen molar-refractivity contribution in [3.8, 4) is 0 Å². The molecule has 1 fully saturated rings. The van der Waals surface area contributed by atoms with E-state index in [2.05, 4.69) is 39.4 Å². The molecule has 0 spiro atoms. The molecule has 1 unspecified atom stereocenters. The summed E-state index contributed by atoms with van der Waals surface area (Å²) in [4.78, 5) is 46.0. The molecule has 3 rings (SSSR count). The van der Waals surface area contributed by atoms with Crippen LogP contribution in [0.5, 0.6) is 0 Å². The first kappa shape index (κ1) is 29.3. The molecule has 38 heavy (non-hydrogen) atoms. The number of carbonyl (C=O) groups is 2. The Labute approximate surface area is 227 Å². The van der Waals surface area contributed by atoms with E-state index in [4.69, 9.17) is 19.6 Å². The molecule has 2 aromatic rings. The second-order valence-corrected chi connectivity index (χ2v) is 17.4. The van der Waals surface area contributed by atoms with Gasteiger partial charge in [-0.15, -0.1) is 26.3 Å². The first-order valence-electron chi connectivity index (χ1n) is 12.4. The minimum atomic E-state index is -1.97. The van der Waals surface area contributed by atoms with Crippen LogP contribution in [0.2, 0.25) is 13.1 Å². The van der Waals surface area contributed by atoms with E-state index < -0.39 is 34.2 Å². The lowest BCUT2D eigenvalue weighted by Crippen LogP contribution is -2.40. The van der Waals surface area contributed by atoms with Gasteiger partial charge in [0.05, 0.1) is 11.1 Å². The molecule has 6 nitrogen and oxygen atoms in total. The number of carbonyl (C=O) groups excluding carboxylic acids is 2. The summed E-state index contributed by atoms with van der Waals surface area (Å²) in [5.41, 5.74) is 8.40. The van der Waals surface area contributed by atoms with Gasteiger partial charge in [-0.05, 0) is 49.9 Å². The molecule has 1 aliphatic carbocycles. The summed E-state index contributed by atoms with van der Waals surface area (Å²) in [6, 6.07) is 14.3. The third-order valence-electron chi connectivity index (χ3n) is 6.96. The molecule has 8 heteroatoms. The second kappa shape index (κ2) is 13.0. The van der Waals surface area contributed by atoms with Crippen LogP contribution >= 0.6 is 0 Å². The zero-order chi connectivity index (χ0) is 27.8. The van der Waals surface area contributed by atoms with Gasteiger partial charge in [0.25, 0.3) is 0 Å². The number of hydrogen-bond donors (Lipinski definition) is 0. The Morgan fingerprint density at radius 1 is 0.763 bits per heavy atom. The lowest BCUT2D eigenvalue weighted by Gasteiger charge is -2.26. The average molecular weight is 547 g/mol. The summed E-state index contributed by atoms with van der Waals surface area (Å²) in [5, 5.41) is 2.16. The summed E-state index contributed by atoms with van der Waals surface area (Å²) in [6.07, 6.45) is 3.42. The van der Waals surface area contributed by atoms with Gasteiger partial charge in [-0.2, -0.15) is 9.78 Å². The van der Waals surface area contributed by atoms with Crippen LogP contribution in [0.15, 0.2) is 97.6 Å². The summed E-state index contributed by atoms with van der Waals surface area (Å²) in [7, 11) is -3.94. The van der Waals surface area contributed by atoms with E-state index >= 15 is 0 Å². The van der Waals surface area contributed by atoms with Crippen LogP contribution < -0.4 is 10.4 Å². The normalized spacial score (nSPS) is 16.2. The largest absolute Gasteiger partial charge is 0.373 e. The summed E-state index contributed by atoms with van der Waals surface area (Å²) in [6.45, 7) is 19.9. The van der Waals surface area contributed by atoms with Crippen molar-refractivity contribution in [1.29, 1.82) is 0 Å². The Morgan fingerprint density at radius 2 is 1.21 bits per heavy atom. The van der Waals surface area contributed by atoms with E-state index in [1.54, 1.807) is 30.7 Å². The van der Waals surface area contributed by atoms with Gasteiger partial charge in [-0.1, -0.05) is 70.5 Å². The predicted octanol–water partition coefficient (Wildman–Crippen LogP) is 5.32. The Morgan fingerprint density at radius 3 is 1.66 bits per heavy atom. The Kier molecular flexibility index (Phi) is 9.98. The van der Waals surface area contributed by atoms with Gasteiger partial charge in [0.15, 0.2) is 6.10 Å². The fraction of sp³-hybridized carbons (Fsp3) is 0.200. The molecule has 0 saturated heterocycles. The van der Waals surface area contributed by atoms with Crippen LogP contribution in [0.1, 0.15) is 40.0 Å². The molecule has 2 radical (unpaired) electrons. The Bertz CT molecular complexity index is 1060. The fourth-order valence-corrected chi connectivity index (χ4v) is 6.90. The van der Waals surface area contributed by atoms with Gasteiger partial charge >= 0.3 is 11.9 Å². The monoisotopic (exact) mass is 546 g/mol. The Balaban J connectivity index is 1.56. The van der Waals surface area contributed by atoms with Crippen LogP contribution in [0.4, 0.5) is 0 Å². The van der Waals surface area contributed by atoms with Crippen molar-refractivity contribution in [1.82, 2.24) is 0 Å². The highest BCUT2D eigenvalue weighted by atomic mass is 28.3. The SMILES string of the molecule is C=C[Si](C)(C=C)c1ccc(C(=O)OO[C]2CCC[CH]C2OOC(=O)c2ccc([Si](C)(C=C)C=C)cc2)cc1. The summed E-state index contributed by atoms with van der Waals surface area (Å²) >= 11 is 0. The van der Waals surface area contributed by atoms with E-state index in [0.717, 1.165) is 23.2 Å². The van der Waals surface area contributed by atoms with E-state index in [-0.39, 0.29) is 0 Å². The zero-order valence-electron chi connectivity index (χ0n) is 22.0. The minimum absolute atomic E-state index is 0.345. The van der Waals surface area contributed by atoms with Crippen LogP contribution in [-0.4, -0.2) is 34.2 Å². The second-order valence-electron chi connectivity index (χ2n) is 9.47. The van der Waals surface area contributed by atoms with E-state index in [9.17, 15) is 9.59 Å². The molecule has 2 aromatic carbocycles. The van der Waals surface area contributed by atoms with Crippen molar-refractivity contribution in [2.45, 2.75) is 38.5 Å². The van der Waals surface area contributed by atoms with Crippen LogP contribution in [0, 0.1) is 12.5 Å². The van der Waals surface area contributed by atoms with Gasteiger partial charge in [-0.25, -0.2) is 9.59 Å². The average Bonchev–Trinajstić information content (AvgIpc) is 2.98. The number of rotatable bonds is 12. The molecular weight excluding hydrogens is 512 g/mol. The zero-order valence-corrected chi connectivity index (χ0v) is 24.0. The summed E-state index contributed by atoms with van der Waals surface area (Å²) < 4.78 is 0. The van der Waals surface area contributed by atoms with Crippen LogP contribution in [0.25, 0.3) is 0 Å². The maximum Gasteiger partial charge on any atom is 0.373 e. The van der Waals surface area contributed by atoms with Crippen LogP contribution in [0.3, 0.4) is 0 Å². The third kappa shape index (κ3) is 6.76. The van der Waals surface area contributed by atoms with Gasteiger partial charge in [0.2, 0.25) is 0 Å². The van der Waals surface area contributed by atoms with E-state index in [1.165, 1.54) is 0 Å². The highest BCUT2D eigenvalue weighted by Crippen LogP contribution is 2.30. The van der Waals surface area contributed by atoms with Crippen molar-refractivity contribution in [2.75, 3.05) is 0 Å². The lowest BCUT2D eigenvalue weighted by molar-refractivity contribution is -0.311. The number of hydrogen-bond acceptors (Lipinski definition) is 6. The predicted molar refractivity (Wildman–Crippen MR) is 154 cm³/mol. The van der Waals surface area contributed by atoms with E-state index in [0.29, 0.717) is 23.7 Å². The van der Waals surface area contributed by atoms with Crippen LogP contribution in [-0.2, 0) is 19.6 Å². The molecule has 1 saturated carbocycles. The first-order chi connectivity index (χ1) is 18.2. The molecule has 0 N–H and O–H groups in total. The van der Waals surface area contributed by atoms with Crippen molar-refractivity contribution in [2.24, 2.45) is 0 Å². The molecule has 0 aliphatic heterocycles. The summed E-state index contributed by atoms with van der Waals surface area (Å²) in [5.74, 6) is -1.28. The van der Waals surface area contributed by atoms with Gasteiger partial charge in [0, 0.05) is 0 Å². The molecule has 0 amide bonds. The fourth-order valence-electron chi connectivity index (χ4n) is 3.85. The molecule has 1 atom stereocenters. The first-order valence-corrected chi connectivity index (χ1v) is 17.7. The molecule has 0 bridgehead atoms. The molecule has 0 heterocycles. The van der Waals surface area contributed by atoms with Crippen molar-refractivity contribution < 1.29 is 29.1 Å². The maximum atomic E-state index is 12.6. The van der Waals surface area contributed by atoms with Crippen molar-refractivity contribution in [3.63, 3.8) is 0 Å². The lowest BCUT2D eigenvalue weighted by atomic mass is 9.95. The molecule has 198 valence electrons. The molecule has 1 aliphatic rings. The third-order valence-corrected chi connectivity index (χ3v) is 13.5. The van der Waals surface area contributed by atoms with Crippen molar-refractivity contribution >= 4 is 38.5 Å².